The number of H-pyrrole nitrogens is 1. The van der Waals surface area contributed by atoms with Crippen molar-refractivity contribution in [1.29, 1.82) is 0 Å². The Morgan fingerprint density at radius 1 is 1.20 bits per heavy atom. The first-order valence-corrected chi connectivity index (χ1v) is 10.8. The van der Waals surface area contributed by atoms with Crippen LogP contribution < -0.4 is 10.9 Å². The highest BCUT2D eigenvalue weighted by molar-refractivity contribution is 14.1. The zero-order valence-electron chi connectivity index (χ0n) is 14.7. The predicted molar refractivity (Wildman–Crippen MR) is 115 cm³/mol. The first kappa shape index (κ1) is 20.4. The van der Waals surface area contributed by atoms with Crippen LogP contribution >= 0.6 is 46.1 Å². The van der Waals surface area contributed by atoms with Gasteiger partial charge >= 0.3 is 0 Å². The van der Waals surface area contributed by atoms with Crippen LogP contribution in [-0.4, -0.2) is 23.7 Å². The Kier molecular flexibility index (Phi) is 7.45. The highest BCUT2D eigenvalue weighted by Crippen LogP contribution is 2.36. The summed E-state index contributed by atoms with van der Waals surface area (Å²) in [5.74, 6) is 1.09. The third-order valence-electron chi connectivity index (χ3n) is 3.60. The van der Waals surface area contributed by atoms with E-state index in [0.717, 1.165) is 21.0 Å². The molecule has 0 aliphatic heterocycles. The molecule has 0 bridgehead atoms. The maximum absolute atomic E-state index is 12.2. The predicted octanol–water partition coefficient (Wildman–Crippen LogP) is 4.04. The van der Waals surface area contributed by atoms with Crippen molar-refractivity contribution in [3.63, 3.8) is 0 Å². The largest absolute Gasteiger partial charge is 0.358 e. The monoisotopic (exact) mass is 488 g/mol. The van der Waals surface area contributed by atoms with E-state index in [-0.39, 0.29) is 11.5 Å². The average molecular weight is 488 g/mol. The summed E-state index contributed by atoms with van der Waals surface area (Å²) in [6.07, 6.45) is 0. The summed E-state index contributed by atoms with van der Waals surface area (Å²) in [5, 5.41) is 2.63. The summed E-state index contributed by atoms with van der Waals surface area (Å²) in [5.41, 5.74) is 4.29. The molecule has 7 heteroatoms. The highest BCUT2D eigenvalue weighted by atomic mass is 127. The summed E-state index contributed by atoms with van der Waals surface area (Å²) < 4.78 is 0.697. The zero-order chi connectivity index (χ0) is 18.6. The van der Waals surface area contributed by atoms with Crippen LogP contribution in [0.2, 0.25) is 0 Å². The number of carbonyl (C=O) groups excluding carboxylic acids is 1. The van der Waals surface area contributed by atoms with Crippen molar-refractivity contribution in [1.82, 2.24) is 10.3 Å². The van der Waals surface area contributed by atoms with E-state index >= 15 is 0 Å². The van der Waals surface area contributed by atoms with Gasteiger partial charge in [-0.15, -0.1) is 11.8 Å². The van der Waals surface area contributed by atoms with Gasteiger partial charge in [-0.3, -0.25) is 9.59 Å². The van der Waals surface area contributed by atoms with E-state index in [4.69, 9.17) is 0 Å². The van der Waals surface area contributed by atoms with E-state index in [1.165, 1.54) is 11.1 Å². The van der Waals surface area contributed by atoms with Crippen molar-refractivity contribution in [2.45, 2.75) is 36.3 Å². The first-order valence-electron chi connectivity index (χ1n) is 7.77. The van der Waals surface area contributed by atoms with Crippen LogP contribution in [0.1, 0.15) is 22.4 Å². The normalized spacial score (nSPS) is 10.8. The van der Waals surface area contributed by atoms with E-state index in [1.54, 1.807) is 30.6 Å². The minimum Gasteiger partial charge on any atom is -0.358 e. The number of thioether (sulfide) groups is 1. The van der Waals surface area contributed by atoms with E-state index in [2.05, 4.69) is 64.9 Å². The summed E-state index contributed by atoms with van der Waals surface area (Å²) in [6.45, 7) is 6.06. The van der Waals surface area contributed by atoms with E-state index in [0.29, 0.717) is 15.1 Å². The van der Waals surface area contributed by atoms with Gasteiger partial charge in [-0.25, -0.2) is 0 Å². The van der Waals surface area contributed by atoms with Crippen LogP contribution in [0.5, 0.6) is 0 Å². The Morgan fingerprint density at radius 2 is 1.84 bits per heavy atom. The fraction of sp³-hybridized carbons (Fsp3) is 0.333. The number of nitrogens with one attached hydrogen (secondary N) is 2. The Labute approximate surface area is 170 Å². The fourth-order valence-corrected chi connectivity index (χ4v) is 5.55. The van der Waals surface area contributed by atoms with Crippen molar-refractivity contribution in [3.05, 3.63) is 54.5 Å². The molecule has 0 aliphatic rings. The second-order valence-electron chi connectivity index (χ2n) is 5.79. The van der Waals surface area contributed by atoms with Gasteiger partial charge in [-0.1, -0.05) is 17.8 Å². The van der Waals surface area contributed by atoms with Crippen LogP contribution in [0.15, 0.2) is 32.8 Å². The number of benzene rings is 1. The number of hydrogen-bond acceptors (Lipinski definition) is 4. The number of aromatic amines is 1. The van der Waals surface area contributed by atoms with Gasteiger partial charge in [0.05, 0.1) is 9.32 Å². The van der Waals surface area contributed by atoms with Gasteiger partial charge < -0.3 is 10.3 Å². The van der Waals surface area contributed by atoms with Crippen LogP contribution in [0.4, 0.5) is 0 Å². The molecular formula is C18H21IN2O2S2. The van der Waals surface area contributed by atoms with E-state index < -0.39 is 0 Å². The molecule has 0 atom stereocenters. The maximum Gasteiger partial charge on any atom is 0.262 e. The molecule has 25 heavy (non-hydrogen) atoms. The molecule has 1 aromatic heterocycles. The van der Waals surface area contributed by atoms with Crippen LogP contribution in [0.25, 0.3) is 0 Å². The van der Waals surface area contributed by atoms with Crippen molar-refractivity contribution < 1.29 is 4.79 Å². The van der Waals surface area contributed by atoms with E-state index in [9.17, 15) is 9.59 Å². The number of amides is 1. The summed E-state index contributed by atoms with van der Waals surface area (Å²) in [4.78, 5) is 28.7. The van der Waals surface area contributed by atoms with Gasteiger partial charge in [0.1, 0.15) is 0 Å². The lowest BCUT2D eigenvalue weighted by molar-refractivity contribution is -0.118. The van der Waals surface area contributed by atoms with Gasteiger partial charge in [-0.2, -0.15) is 0 Å². The molecule has 0 aliphatic carbocycles. The molecule has 1 heterocycles. The van der Waals surface area contributed by atoms with Crippen LogP contribution in [-0.2, 0) is 10.5 Å². The molecule has 4 nitrogen and oxygen atoms in total. The lowest BCUT2D eigenvalue weighted by Crippen LogP contribution is -2.20. The third kappa shape index (κ3) is 5.52. The fourth-order valence-electron chi connectivity index (χ4n) is 2.41. The molecule has 2 aromatic rings. The summed E-state index contributed by atoms with van der Waals surface area (Å²) in [7, 11) is 1.64. The molecule has 0 radical (unpaired) electrons. The first-order chi connectivity index (χ1) is 11.8. The summed E-state index contributed by atoms with van der Waals surface area (Å²) in [6, 6.07) is 6.40. The molecule has 2 N–H and O–H groups in total. The standard InChI is InChI=1S/C18H21IN2O2S2/c1-10-5-11(2)7-13(6-10)25-17-14(8-24-9-15(22)20-4)12(3)21-18(23)16(17)19/h5-7H,8-9H2,1-4H3,(H,20,22)(H,21,23). The molecule has 1 amide bonds. The smallest absolute Gasteiger partial charge is 0.262 e. The third-order valence-corrected chi connectivity index (χ3v) is 7.08. The van der Waals surface area contributed by atoms with Crippen molar-refractivity contribution in [2.75, 3.05) is 12.8 Å². The highest BCUT2D eigenvalue weighted by Gasteiger charge is 2.16. The Bertz CT molecular complexity index is 829. The Hall–Kier alpha value is -0.930. The Morgan fingerprint density at radius 3 is 2.44 bits per heavy atom. The van der Waals surface area contributed by atoms with Gasteiger partial charge in [-0.05, 0) is 72.2 Å². The molecular weight excluding hydrogens is 467 g/mol. The molecule has 1 aromatic carbocycles. The lowest BCUT2D eigenvalue weighted by Gasteiger charge is -2.14. The molecule has 0 spiro atoms. The average Bonchev–Trinajstić information content (AvgIpc) is 2.53. The number of halogens is 1. The minimum atomic E-state index is -0.0648. The molecule has 0 saturated carbocycles. The number of carbonyl (C=O) groups is 1. The Balaban J connectivity index is 2.37. The lowest BCUT2D eigenvalue weighted by atomic mass is 10.2. The zero-order valence-corrected chi connectivity index (χ0v) is 18.4. The van der Waals surface area contributed by atoms with Crippen molar-refractivity contribution >= 4 is 52.0 Å². The van der Waals surface area contributed by atoms with Crippen molar-refractivity contribution in [2.24, 2.45) is 0 Å². The minimum absolute atomic E-state index is 0.00490. The van der Waals surface area contributed by atoms with Gasteiger partial charge in [0.15, 0.2) is 0 Å². The van der Waals surface area contributed by atoms with Crippen LogP contribution in [0.3, 0.4) is 0 Å². The topological polar surface area (TPSA) is 62.0 Å². The summed E-state index contributed by atoms with van der Waals surface area (Å²) >= 11 is 5.28. The molecule has 2 rings (SSSR count). The van der Waals surface area contributed by atoms with Gasteiger partial charge in [0, 0.05) is 28.3 Å². The molecule has 0 saturated heterocycles. The maximum atomic E-state index is 12.2. The molecule has 0 unspecified atom stereocenters. The van der Waals surface area contributed by atoms with Crippen molar-refractivity contribution in [3.8, 4) is 0 Å². The quantitative estimate of drug-likeness (QED) is 0.603. The van der Waals surface area contributed by atoms with Gasteiger partial charge in [0.2, 0.25) is 5.91 Å². The second-order valence-corrected chi connectivity index (χ2v) is 8.94. The SMILES string of the molecule is CNC(=O)CSCc1c(C)[nH]c(=O)c(I)c1Sc1cc(C)cc(C)c1. The number of hydrogen-bond donors (Lipinski definition) is 2. The van der Waals surface area contributed by atoms with E-state index in [1.807, 2.05) is 6.92 Å². The number of aromatic nitrogens is 1. The number of aryl methyl sites for hydroxylation is 3. The van der Waals surface area contributed by atoms with Crippen LogP contribution in [0, 0.1) is 24.3 Å². The van der Waals surface area contributed by atoms with Gasteiger partial charge in [0.25, 0.3) is 5.56 Å². The second kappa shape index (κ2) is 9.14. The number of pyridine rings is 1. The molecule has 0 fully saturated rings. The number of rotatable bonds is 6. The molecule has 134 valence electrons.